The Morgan fingerprint density at radius 2 is 1.63 bits per heavy atom. The lowest BCUT2D eigenvalue weighted by Crippen LogP contribution is -2.22. The number of anilines is 1. The molecule has 0 N–H and O–H groups in total. The molecule has 1 aromatic carbocycles. The smallest absolute Gasteiger partial charge is 0.250 e. The number of fused-ring (bicyclic) bond motifs is 1. The van der Waals surface area contributed by atoms with E-state index in [1.807, 2.05) is 48.4 Å². The zero-order valence-electron chi connectivity index (χ0n) is 17.8. The van der Waals surface area contributed by atoms with Crippen LogP contribution in [0.3, 0.4) is 0 Å². The Kier molecular flexibility index (Phi) is 5.53. The minimum atomic E-state index is 0.0298. The molecule has 4 rings (SSSR count). The minimum Gasteiger partial charge on any atom is -0.315 e. The van der Waals surface area contributed by atoms with E-state index in [0.717, 1.165) is 52.9 Å². The average Bonchev–Trinajstić information content (AvgIpc) is 3.06. The third kappa shape index (κ3) is 3.80. The van der Waals surface area contributed by atoms with Crippen molar-refractivity contribution in [2.75, 3.05) is 11.9 Å². The number of carbonyl (C=O) groups is 1. The molecule has 0 aliphatic carbocycles. The highest BCUT2D eigenvalue weighted by Crippen LogP contribution is 2.33. The zero-order valence-corrected chi connectivity index (χ0v) is 17.8. The van der Waals surface area contributed by atoms with Crippen LogP contribution in [0.1, 0.15) is 32.3 Å². The van der Waals surface area contributed by atoms with Gasteiger partial charge in [0.2, 0.25) is 5.91 Å². The molecule has 3 heterocycles. The molecule has 0 unspecified atom stereocenters. The van der Waals surface area contributed by atoms with Gasteiger partial charge in [0.15, 0.2) is 0 Å². The van der Waals surface area contributed by atoms with Crippen LogP contribution >= 0.6 is 0 Å². The van der Waals surface area contributed by atoms with Gasteiger partial charge < -0.3 is 9.47 Å². The van der Waals surface area contributed by atoms with E-state index in [-0.39, 0.29) is 11.5 Å². The summed E-state index contributed by atoms with van der Waals surface area (Å²) in [5, 5.41) is 0. The minimum absolute atomic E-state index is 0.0298. The van der Waals surface area contributed by atoms with E-state index < -0.39 is 0 Å². The van der Waals surface area contributed by atoms with Gasteiger partial charge in [0.25, 0.3) is 5.56 Å². The molecule has 0 saturated heterocycles. The summed E-state index contributed by atoms with van der Waals surface area (Å²) in [5.74, 6) is 0.614. The molecule has 2 aromatic heterocycles. The predicted molar refractivity (Wildman–Crippen MR) is 121 cm³/mol. The van der Waals surface area contributed by atoms with Crippen molar-refractivity contribution in [2.45, 2.75) is 39.7 Å². The third-order valence-electron chi connectivity index (χ3n) is 6.15. The number of pyridine rings is 2. The van der Waals surface area contributed by atoms with Crippen LogP contribution in [-0.2, 0) is 17.8 Å². The molecule has 0 fully saturated rings. The lowest BCUT2D eigenvalue weighted by molar-refractivity contribution is -0.117. The van der Waals surface area contributed by atoms with Crippen molar-refractivity contribution in [1.29, 1.82) is 0 Å². The summed E-state index contributed by atoms with van der Waals surface area (Å²) >= 11 is 0. The summed E-state index contributed by atoms with van der Waals surface area (Å²) in [5.41, 5.74) is 6.03. The SMILES string of the molecule is CCC(CC)Cn1cc(-c2cncc(-c3ccc4c(c3)CC(=O)N4C)c2)ccc1=O. The fourth-order valence-corrected chi connectivity index (χ4v) is 4.08. The molecular weight excluding hydrogens is 374 g/mol. The molecule has 1 aliphatic rings. The summed E-state index contributed by atoms with van der Waals surface area (Å²) in [6, 6.07) is 11.7. The second-order valence-corrected chi connectivity index (χ2v) is 8.03. The lowest BCUT2D eigenvalue weighted by atomic mass is 10.00. The van der Waals surface area contributed by atoms with Crippen LogP contribution in [0.5, 0.6) is 0 Å². The molecule has 1 aliphatic heterocycles. The van der Waals surface area contributed by atoms with E-state index in [4.69, 9.17) is 0 Å². The van der Waals surface area contributed by atoms with Crippen LogP contribution in [0.2, 0.25) is 0 Å². The van der Waals surface area contributed by atoms with E-state index in [9.17, 15) is 9.59 Å². The van der Waals surface area contributed by atoms with Gasteiger partial charge in [-0.1, -0.05) is 32.8 Å². The summed E-state index contributed by atoms with van der Waals surface area (Å²) in [4.78, 5) is 30.5. The van der Waals surface area contributed by atoms with Crippen molar-refractivity contribution in [3.63, 3.8) is 0 Å². The van der Waals surface area contributed by atoms with Gasteiger partial charge in [0.1, 0.15) is 0 Å². The first-order valence-corrected chi connectivity index (χ1v) is 10.6. The molecule has 5 nitrogen and oxygen atoms in total. The molecule has 0 saturated carbocycles. The maximum atomic E-state index is 12.3. The Morgan fingerprint density at radius 1 is 0.933 bits per heavy atom. The Bertz CT molecular complexity index is 1150. The van der Waals surface area contributed by atoms with E-state index in [0.29, 0.717) is 12.3 Å². The largest absolute Gasteiger partial charge is 0.315 e. The molecule has 3 aromatic rings. The number of rotatable bonds is 6. The van der Waals surface area contributed by atoms with Crippen molar-refractivity contribution in [2.24, 2.45) is 5.92 Å². The first kappa shape index (κ1) is 20.1. The maximum absolute atomic E-state index is 12.3. The highest BCUT2D eigenvalue weighted by Gasteiger charge is 2.24. The molecule has 1 amide bonds. The summed E-state index contributed by atoms with van der Waals surface area (Å²) in [7, 11) is 1.81. The van der Waals surface area contributed by atoms with Crippen LogP contribution < -0.4 is 10.5 Å². The van der Waals surface area contributed by atoms with Crippen LogP contribution in [-0.4, -0.2) is 22.5 Å². The van der Waals surface area contributed by atoms with Gasteiger partial charge in [0, 0.05) is 55.1 Å². The molecule has 0 atom stereocenters. The van der Waals surface area contributed by atoms with Crippen molar-refractivity contribution in [3.05, 3.63) is 70.9 Å². The first-order chi connectivity index (χ1) is 14.5. The highest BCUT2D eigenvalue weighted by molar-refractivity contribution is 6.01. The van der Waals surface area contributed by atoms with E-state index in [1.165, 1.54) is 0 Å². The number of benzene rings is 1. The fraction of sp³-hybridized carbons (Fsp3) is 0.320. The van der Waals surface area contributed by atoms with E-state index in [2.05, 4.69) is 31.0 Å². The van der Waals surface area contributed by atoms with Crippen molar-refractivity contribution in [1.82, 2.24) is 9.55 Å². The van der Waals surface area contributed by atoms with Crippen molar-refractivity contribution < 1.29 is 4.79 Å². The average molecular weight is 402 g/mol. The normalized spacial score (nSPS) is 13.2. The topological polar surface area (TPSA) is 55.2 Å². The second-order valence-electron chi connectivity index (χ2n) is 8.03. The fourth-order valence-electron chi connectivity index (χ4n) is 4.08. The van der Waals surface area contributed by atoms with E-state index >= 15 is 0 Å². The Morgan fingerprint density at radius 3 is 2.37 bits per heavy atom. The highest BCUT2D eigenvalue weighted by atomic mass is 16.2. The molecule has 30 heavy (non-hydrogen) atoms. The number of nitrogens with zero attached hydrogens (tertiary/aromatic N) is 3. The van der Waals surface area contributed by atoms with Gasteiger partial charge in [-0.2, -0.15) is 0 Å². The first-order valence-electron chi connectivity index (χ1n) is 10.6. The van der Waals surface area contributed by atoms with Crippen LogP contribution in [0.25, 0.3) is 22.3 Å². The number of likely N-dealkylation sites (N-methyl/N-ethyl adjacent to an activating group) is 1. The summed E-state index contributed by atoms with van der Waals surface area (Å²) < 4.78 is 1.82. The number of aromatic nitrogens is 2. The lowest BCUT2D eigenvalue weighted by Gasteiger charge is -2.15. The van der Waals surface area contributed by atoms with Gasteiger partial charge in [-0.05, 0) is 46.9 Å². The van der Waals surface area contributed by atoms with Crippen LogP contribution in [0.15, 0.2) is 59.8 Å². The molecular formula is C25H27N3O2. The molecule has 0 bridgehead atoms. The monoisotopic (exact) mass is 401 g/mol. The Hall–Kier alpha value is -3.21. The maximum Gasteiger partial charge on any atom is 0.250 e. The van der Waals surface area contributed by atoms with Gasteiger partial charge >= 0.3 is 0 Å². The summed E-state index contributed by atoms with van der Waals surface area (Å²) in [6.45, 7) is 5.07. The van der Waals surface area contributed by atoms with Gasteiger partial charge in [0.05, 0.1) is 6.42 Å². The predicted octanol–water partition coefficient (Wildman–Crippen LogP) is 4.53. The molecule has 0 spiro atoms. The molecule has 5 heteroatoms. The van der Waals surface area contributed by atoms with Gasteiger partial charge in [-0.25, -0.2) is 0 Å². The second kappa shape index (κ2) is 8.27. The zero-order chi connectivity index (χ0) is 21.3. The quantitative estimate of drug-likeness (QED) is 0.610. The number of carbonyl (C=O) groups excluding carboxylic acids is 1. The van der Waals surface area contributed by atoms with Gasteiger partial charge in [-0.3, -0.25) is 14.6 Å². The number of hydrogen-bond acceptors (Lipinski definition) is 3. The van der Waals surface area contributed by atoms with Gasteiger partial charge in [-0.15, -0.1) is 0 Å². The molecule has 154 valence electrons. The number of amides is 1. The summed E-state index contributed by atoms with van der Waals surface area (Å²) in [6.07, 6.45) is 8.16. The third-order valence-corrected chi connectivity index (χ3v) is 6.15. The Labute approximate surface area is 177 Å². The van der Waals surface area contributed by atoms with Crippen molar-refractivity contribution in [3.8, 4) is 22.3 Å². The van der Waals surface area contributed by atoms with E-state index in [1.54, 1.807) is 11.0 Å². The molecule has 0 radical (unpaired) electrons. The van der Waals surface area contributed by atoms with Crippen molar-refractivity contribution >= 4 is 11.6 Å². The Balaban J connectivity index is 1.67. The van der Waals surface area contributed by atoms with Crippen LogP contribution in [0, 0.1) is 5.92 Å². The standard InChI is InChI=1S/C25H27N3O2/c1-4-17(5-2)15-28-16-19(7-9-24(28)29)22-11-21(13-26-14-22)18-6-8-23-20(10-18)12-25(30)27(23)3/h6-11,13-14,16-17H,4-5,12,15H2,1-3H3. The van der Waals surface area contributed by atoms with Crippen LogP contribution in [0.4, 0.5) is 5.69 Å². The number of hydrogen-bond donors (Lipinski definition) is 0.